The molecule has 0 N–H and O–H groups in total. The fraction of sp³-hybridized carbons (Fsp3) is 0.222. The summed E-state index contributed by atoms with van der Waals surface area (Å²) in [5.74, 6) is 0. The second kappa shape index (κ2) is 5.05. The molecule has 0 saturated heterocycles. The summed E-state index contributed by atoms with van der Waals surface area (Å²) in [6.07, 6.45) is 2.30. The van der Waals surface area contributed by atoms with Crippen molar-refractivity contribution in [1.82, 2.24) is 4.90 Å². The van der Waals surface area contributed by atoms with Gasteiger partial charge in [-0.1, -0.05) is 0 Å². The Morgan fingerprint density at radius 1 is 1.60 bits per heavy atom. The van der Waals surface area contributed by atoms with Gasteiger partial charge in [0, 0.05) is 14.1 Å². The number of carbonyl (C=O) groups excluding carboxylic acids is 1. The van der Waals surface area contributed by atoms with Crippen LogP contribution in [0.25, 0.3) is 0 Å². The number of aliphatic imine (C=N–C) groups is 1. The topological polar surface area (TPSA) is 56.5 Å². The van der Waals surface area contributed by atoms with Gasteiger partial charge in [0.05, 0.1) is 15.7 Å². The molecule has 0 bridgehead atoms. The Morgan fingerprint density at radius 3 is 2.73 bits per heavy atom. The maximum Gasteiger partial charge on any atom is 0.161 e. The fourth-order valence-corrected chi connectivity index (χ4v) is 2.39. The van der Waals surface area contributed by atoms with E-state index in [1.54, 1.807) is 11.2 Å². The summed E-state index contributed by atoms with van der Waals surface area (Å²) in [6, 6.07) is 2.01. The minimum atomic E-state index is 0.403. The highest BCUT2D eigenvalue weighted by atomic mass is 79.9. The Morgan fingerprint density at radius 2 is 2.27 bits per heavy atom. The van der Waals surface area contributed by atoms with E-state index in [1.807, 2.05) is 20.2 Å². The summed E-state index contributed by atoms with van der Waals surface area (Å²) >= 11 is 4.39. The zero-order valence-corrected chi connectivity index (χ0v) is 10.6. The quantitative estimate of drug-likeness (QED) is 0.487. The Balaban J connectivity index is 3.19. The molecule has 0 spiro atoms. The molecule has 0 saturated carbocycles. The van der Waals surface area contributed by atoms with Crippen LogP contribution in [0.15, 0.2) is 9.47 Å². The molecule has 6 heteroatoms. The molecular formula is C9H8BrN3OS. The molecule has 1 aromatic heterocycles. The van der Waals surface area contributed by atoms with Gasteiger partial charge < -0.3 is 4.90 Å². The lowest BCUT2D eigenvalue weighted by atomic mass is 10.3. The molecular weight excluding hydrogens is 278 g/mol. The molecule has 1 aromatic rings. The van der Waals surface area contributed by atoms with Crippen molar-refractivity contribution in [1.29, 1.82) is 5.26 Å². The van der Waals surface area contributed by atoms with Gasteiger partial charge in [0.25, 0.3) is 0 Å². The third-order valence-electron chi connectivity index (χ3n) is 1.48. The van der Waals surface area contributed by atoms with Crippen molar-refractivity contribution < 1.29 is 4.79 Å². The number of nitrogens with zero attached hydrogens (tertiary/aromatic N) is 3. The van der Waals surface area contributed by atoms with E-state index in [-0.39, 0.29) is 0 Å². The molecule has 0 aliphatic rings. The average Bonchev–Trinajstić information content (AvgIpc) is 2.51. The monoisotopic (exact) mass is 285 g/mol. The van der Waals surface area contributed by atoms with Gasteiger partial charge in [0.1, 0.15) is 16.6 Å². The number of rotatable bonds is 3. The highest BCUT2D eigenvalue weighted by Gasteiger charge is 2.14. The van der Waals surface area contributed by atoms with Crippen LogP contribution in [0.5, 0.6) is 0 Å². The van der Waals surface area contributed by atoms with Crippen molar-refractivity contribution in [2.24, 2.45) is 4.99 Å². The first kappa shape index (κ1) is 11.9. The van der Waals surface area contributed by atoms with E-state index in [0.29, 0.717) is 26.2 Å². The number of hydrogen-bond acceptors (Lipinski definition) is 4. The van der Waals surface area contributed by atoms with Crippen LogP contribution in [-0.2, 0) is 0 Å². The number of hydrogen-bond donors (Lipinski definition) is 0. The second-order valence-corrected chi connectivity index (χ2v) is 4.72. The summed E-state index contributed by atoms with van der Waals surface area (Å²) in [4.78, 5) is 17.0. The molecule has 4 nitrogen and oxygen atoms in total. The van der Waals surface area contributed by atoms with Gasteiger partial charge in [-0.2, -0.15) is 5.26 Å². The number of aldehydes is 1. The van der Waals surface area contributed by atoms with Crippen molar-refractivity contribution >= 4 is 44.9 Å². The number of carbonyl (C=O) groups is 1. The molecule has 78 valence electrons. The Kier molecular flexibility index (Phi) is 4.00. The van der Waals surface area contributed by atoms with Crippen molar-refractivity contribution in [2.45, 2.75) is 0 Å². The number of halogens is 1. The van der Waals surface area contributed by atoms with Crippen LogP contribution >= 0.6 is 27.3 Å². The van der Waals surface area contributed by atoms with Gasteiger partial charge in [0.2, 0.25) is 0 Å². The molecule has 0 radical (unpaired) electrons. The van der Waals surface area contributed by atoms with E-state index < -0.39 is 0 Å². The predicted molar refractivity (Wildman–Crippen MR) is 64.0 cm³/mol. The zero-order chi connectivity index (χ0) is 11.4. The van der Waals surface area contributed by atoms with Gasteiger partial charge in [-0.3, -0.25) is 4.79 Å². The largest absolute Gasteiger partial charge is 0.369 e. The molecule has 1 heterocycles. The molecule has 15 heavy (non-hydrogen) atoms. The normalized spacial score (nSPS) is 10.3. The first-order valence-electron chi connectivity index (χ1n) is 3.98. The van der Waals surface area contributed by atoms with Crippen LogP contribution in [0.2, 0.25) is 0 Å². The van der Waals surface area contributed by atoms with Crippen LogP contribution < -0.4 is 0 Å². The molecule has 0 fully saturated rings. The van der Waals surface area contributed by atoms with E-state index in [2.05, 4.69) is 20.9 Å². The highest BCUT2D eigenvalue weighted by molar-refractivity contribution is 9.10. The molecule has 0 aromatic carbocycles. The first-order chi connectivity index (χ1) is 7.10. The van der Waals surface area contributed by atoms with Crippen LogP contribution in [0.1, 0.15) is 15.2 Å². The van der Waals surface area contributed by atoms with Crippen molar-refractivity contribution in [3.63, 3.8) is 0 Å². The van der Waals surface area contributed by atoms with Gasteiger partial charge in [0.15, 0.2) is 6.29 Å². The third kappa shape index (κ3) is 2.64. The van der Waals surface area contributed by atoms with Gasteiger partial charge in [-0.15, -0.1) is 11.3 Å². The first-order valence-corrected chi connectivity index (χ1v) is 5.59. The van der Waals surface area contributed by atoms with E-state index in [4.69, 9.17) is 5.26 Å². The lowest BCUT2D eigenvalue weighted by Gasteiger charge is -2.00. The summed E-state index contributed by atoms with van der Waals surface area (Å²) in [5.41, 5.74) is 0.403. The molecule has 0 atom stereocenters. The molecule has 1 rings (SSSR count). The van der Waals surface area contributed by atoms with Gasteiger partial charge in [-0.05, 0) is 15.9 Å². The van der Waals surface area contributed by atoms with E-state index in [1.165, 1.54) is 11.3 Å². The Bertz CT molecular complexity index is 445. The van der Waals surface area contributed by atoms with E-state index >= 15 is 0 Å². The maximum atomic E-state index is 10.7. The Labute approximate surface area is 100.0 Å². The number of thiophene rings is 1. The molecule has 0 unspecified atom stereocenters. The Hall–Kier alpha value is -1.19. The average molecular weight is 286 g/mol. The zero-order valence-electron chi connectivity index (χ0n) is 8.19. The molecule has 0 aliphatic heterocycles. The minimum Gasteiger partial charge on any atom is -0.369 e. The smallest absolute Gasteiger partial charge is 0.161 e. The molecule has 0 aliphatic carbocycles. The van der Waals surface area contributed by atoms with Crippen molar-refractivity contribution in [3.05, 3.63) is 14.9 Å². The molecule has 0 amide bonds. The van der Waals surface area contributed by atoms with Crippen LogP contribution in [0.4, 0.5) is 5.00 Å². The lowest BCUT2D eigenvalue weighted by molar-refractivity contribution is 0.112. The standard InChI is InChI=1S/C9H8BrN3OS/c1-13(2)5-12-9-6(3-11)8(10)7(4-14)15-9/h4-5H,1-2H3. The van der Waals surface area contributed by atoms with E-state index in [9.17, 15) is 4.79 Å². The summed E-state index contributed by atoms with van der Waals surface area (Å²) in [6.45, 7) is 0. The van der Waals surface area contributed by atoms with Crippen molar-refractivity contribution in [2.75, 3.05) is 14.1 Å². The maximum absolute atomic E-state index is 10.7. The minimum absolute atomic E-state index is 0.403. The lowest BCUT2D eigenvalue weighted by Crippen LogP contribution is -2.06. The van der Waals surface area contributed by atoms with Crippen LogP contribution in [0, 0.1) is 11.3 Å². The summed E-state index contributed by atoms with van der Waals surface area (Å²) < 4.78 is 0.524. The SMILES string of the molecule is CN(C)C=Nc1sc(C=O)c(Br)c1C#N. The van der Waals surface area contributed by atoms with Crippen LogP contribution in [0.3, 0.4) is 0 Å². The second-order valence-electron chi connectivity index (χ2n) is 2.90. The van der Waals surface area contributed by atoms with E-state index in [0.717, 1.165) is 0 Å². The fourth-order valence-electron chi connectivity index (χ4n) is 0.849. The third-order valence-corrected chi connectivity index (χ3v) is 3.59. The summed E-state index contributed by atoms with van der Waals surface area (Å²) in [7, 11) is 3.66. The highest BCUT2D eigenvalue weighted by Crippen LogP contribution is 2.37. The van der Waals surface area contributed by atoms with Gasteiger partial charge >= 0.3 is 0 Å². The predicted octanol–water partition coefficient (Wildman–Crippen LogP) is 2.42. The van der Waals surface area contributed by atoms with Crippen LogP contribution in [-0.4, -0.2) is 31.6 Å². The van der Waals surface area contributed by atoms with Crippen molar-refractivity contribution in [3.8, 4) is 6.07 Å². The number of nitriles is 1. The van der Waals surface area contributed by atoms with Gasteiger partial charge in [-0.25, -0.2) is 4.99 Å². The summed E-state index contributed by atoms with van der Waals surface area (Å²) in [5, 5.41) is 9.44.